The number of rotatable bonds is 5. The molecule has 0 spiro atoms. The Morgan fingerprint density at radius 1 is 1.00 bits per heavy atom. The summed E-state index contributed by atoms with van der Waals surface area (Å²) in [6.07, 6.45) is 9.72. The van der Waals surface area contributed by atoms with E-state index in [1.54, 1.807) is 0 Å². The van der Waals surface area contributed by atoms with Crippen LogP contribution in [0.25, 0.3) is 0 Å². The Morgan fingerprint density at radius 3 is 2.44 bits per heavy atom. The maximum absolute atomic E-state index is 13.3. The van der Waals surface area contributed by atoms with Crippen LogP contribution in [-0.2, 0) is 16.6 Å². The molecule has 4 fully saturated rings. The van der Waals surface area contributed by atoms with E-state index in [-0.39, 0.29) is 10.8 Å². The molecule has 3 nitrogen and oxygen atoms in total. The molecule has 0 saturated heterocycles. The van der Waals surface area contributed by atoms with Crippen molar-refractivity contribution < 1.29 is 4.79 Å². The first-order valence-electron chi connectivity index (χ1n) is 10.4. The number of pyridine rings is 1. The van der Waals surface area contributed by atoms with Crippen molar-refractivity contribution in [1.82, 2.24) is 10.3 Å². The third-order valence-electron chi connectivity index (χ3n) is 7.32. The van der Waals surface area contributed by atoms with Gasteiger partial charge in [0.05, 0.1) is 5.41 Å². The van der Waals surface area contributed by atoms with Crippen LogP contribution in [0.5, 0.6) is 0 Å². The molecule has 4 atom stereocenters. The van der Waals surface area contributed by atoms with Gasteiger partial charge in [0.1, 0.15) is 0 Å². The standard InChI is InChI=1S/C24H28N2O/c27-22(26-11-9-21-8-4-5-10-25-21)24-15-18-12-19(16-24)14-23(13-18,17-24)20-6-2-1-3-7-20/h1-8,10,18-19H,9,11-17H2,(H,26,27)/t18-,19+,23?,24?. The Morgan fingerprint density at radius 2 is 1.74 bits per heavy atom. The molecule has 1 amide bonds. The first kappa shape index (κ1) is 17.0. The summed E-state index contributed by atoms with van der Waals surface area (Å²) in [5, 5.41) is 3.28. The van der Waals surface area contributed by atoms with Gasteiger partial charge in [0.15, 0.2) is 0 Å². The van der Waals surface area contributed by atoms with E-state index in [0.29, 0.717) is 24.3 Å². The highest BCUT2D eigenvalue weighted by Gasteiger charge is 2.60. The predicted molar refractivity (Wildman–Crippen MR) is 106 cm³/mol. The second-order valence-corrected chi connectivity index (χ2v) is 9.21. The highest BCUT2D eigenvalue weighted by Crippen LogP contribution is 2.65. The van der Waals surface area contributed by atoms with Gasteiger partial charge in [0.25, 0.3) is 0 Å². The molecule has 6 rings (SSSR count). The van der Waals surface area contributed by atoms with Crippen LogP contribution in [0.15, 0.2) is 54.7 Å². The molecule has 1 aromatic carbocycles. The minimum Gasteiger partial charge on any atom is -0.355 e. The van der Waals surface area contributed by atoms with Crippen molar-refractivity contribution in [3.05, 3.63) is 66.0 Å². The van der Waals surface area contributed by atoms with Crippen LogP contribution in [0.3, 0.4) is 0 Å². The molecule has 27 heavy (non-hydrogen) atoms. The van der Waals surface area contributed by atoms with Crippen molar-refractivity contribution in [1.29, 1.82) is 0 Å². The zero-order valence-electron chi connectivity index (χ0n) is 15.9. The topological polar surface area (TPSA) is 42.0 Å². The Kier molecular flexibility index (Phi) is 4.07. The highest BCUT2D eigenvalue weighted by atomic mass is 16.2. The molecule has 2 unspecified atom stereocenters. The normalized spacial score (nSPS) is 33.8. The summed E-state index contributed by atoms with van der Waals surface area (Å²) < 4.78 is 0. The number of carbonyl (C=O) groups is 1. The fraction of sp³-hybridized carbons (Fsp3) is 0.500. The maximum atomic E-state index is 13.3. The third kappa shape index (κ3) is 2.97. The summed E-state index contributed by atoms with van der Waals surface area (Å²) in [6, 6.07) is 17.0. The largest absolute Gasteiger partial charge is 0.355 e. The van der Waals surface area contributed by atoms with Gasteiger partial charge in [0.2, 0.25) is 5.91 Å². The van der Waals surface area contributed by atoms with Crippen molar-refractivity contribution in [2.24, 2.45) is 17.3 Å². The number of nitrogens with one attached hydrogen (secondary N) is 1. The van der Waals surface area contributed by atoms with E-state index in [9.17, 15) is 4.79 Å². The third-order valence-corrected chi connectivity index (χ3v) is 7.32. The number of aromatic nitrogens is 1. The van der Waals surface area contributed by atoms with Gasteiger partial charge in [-0.2, -0.15) is 0 Å². The van der Waals surface area contributed by atoms with Crippen LogP contribution in [-0.4, -0.2) is 17.4 Å². The lowest BCUT2D eigenvalue weighted by molar-refractivity contribution is -0.149. The van der Waals surface area contributed by atoms with E-state index >= 15 is 0 Å². The summed E-state index contributed by atoms with van der Waals surface area (Å²) in [7, 11) is 0. The first-order chi connectivity index (χ1) is 13.2. The molecule has 4 saturated carbocycles. The molecule has 3 heteroatoms. The second-order valence-electron chi connectivity index (χ2n) is 9.21. The van der Waals surface area contributed by atoms with Crippen LogP contribution in [0, 0.1) is 17.3 Å². The Bertz CT molecular complexity index is 803. The van der Waals surface area contributed by atoms with Crippen molar-refractivity contribution in [3.8, 4) is 0 Å². The van der Waals surface area contributed by atoms with E-state index in [1.165, 1.54) is 24.8 Å². The van der Waals surface area contributed by atoms with Gasteiger partial charge in [-0.25, -0.2) is 0 Å². The van der Waals surface area contributed by atoms with Crippen molar-refractivity contribution in [3.63, 3.8) is 0 Å². The average Bonchev–Trinajstić information content (AvgIpc) is 2.68. The van der Waals surface area contributed by atoms with E-state index in [2.05, 4.69) is 40.6 Å². The van der Waals surface area contributed by atoms with E-state index in [1.807, 2.05) is 24.4 Å². The average molecular weight is 361 g/mol. The van der Waals surface area contributed by atoms with Gasteiger partial charge in [-0.15, -0.1) is 0 Å². The molecule has 2 aromatic rings. The molecule has 140 valence electrons. The smallest absolute Gasteiger partial charge is 0.226 e. The SMILES string of the molecule is O=C(NCCc1ccccn1)C12C[C@H]3C[C@@H](C1)CC(c1ccccc1)(C3)C2. The number of hydrogen-bond acceptors (Lipinski definition) is 2. The Balaban J connectivity index is 1.34. The summed E-state index contributed by atoms with van der Waals surface area (Å²) in [5.41, 5.74) is 2.59. The lowest BCUT2D eigenvalue weighted by Crippen LogP contribution is -2.59. The van der Waals surface area contributed by atoms with Crippen molar-refractivity contribution >= 4 is 5.91 Å². The summed E-state index contributed by atoms with van der Waals surface area (Å²) in [4.78, 5) is 17.7. The molecule has 0 radical (unpaired) electrons. The summed E-state index contributed by atoms with van der Waals surface area (Å²) >= 11 is 0. The molecular weight excluding hydrogens is 332 g/mol. The van der Waals surface area contributed by atoms with Gasteiger partial charge in [0, 0.05) is 24.9 Å². The quantitative estimate of drug-likeness (QED) is 0.865. The number of carbonyl (C=O) groups excluding carboxylic acids is 1. The minimum atomic E-state index is -0.149. The molecule has 4 aliphatic rings. The minimum absolute atomic E-state index is 0.149. The Hall–Kier alpha value is -2.16. The first-order valence-corrected chi connectivity index (χ1v) is 10.4. The summed E-state index contributed by atoms with van der Waals surface area (Å²) in [6.45, 7) is 0.686. The summed E-state index contributed by atoms with van der Waals surface area (Å²) in [5.74, 6) is 1.73. The fourth-order valence-corrected chi connectivity index (χ4v) is 6.70. The van der Waals surface area contributed by atoms with Gasteiger partial charge in [-0.1, -0.05) is 36.4 Å². The molecule has 4 bridgehead atoms. The lowest BCUT2D eigenvalue weighted by Gasteiger charge is -2.61. The highest BCUT2D eigenvalue weighted by molar-refractivity contribution is 5.83. The molecule has 1 N–H and O–H groups in total. The van der Waals surface area contributed by atoms with Crippen LogP contribution in [0.2, 0.25) is 0 Å². The monoisotopic (exact) mass is 360 g/mol. The molecule has 4 aliphatic carbocycles. The predicted octanol–water partition coefficient (Wildman–Crippen LogP) is 4.28. The maximum Gasteiger partial charge on any atom is 0.226 e. The van der Waals surface area contributed by atoms with Gasteiger partial charge < -0.3 is 5.32 Å². The fourth-order valence-electron chi connectivity index (χ4n) is 6.70. The number of benzene rings is 1. The molecule has 1 heterocycles. The zero-order chi connectivity index (χ0) is 18.3. The van der Waals surface area contributed by atoms with Crippen LogP contribution >= 0.6 is 0 Å². The van der Waals surface area contributed by atoms with Crippen LogP contribution in [0.4, 0.5) is 0 Å². The lowest BCUT2D eigenvalue weighted by atomic mass is 9.42. The van der Waals surface area contributed by atoms with Crippen molar-refractivity contribution in [2.45, 2.75) is 50.4 Å². The zero-order valence-corrected chi connectivity index (χ0v) is 15.9. The van der Waals surface area contributed by atoms with Gasteiger partial charge >= 0.3 is 0 Å². The number of hydrogen-bond donors (Lipinski definition) is 1. The number of amides is 1. The Labute approximate surface area is 161 Å². The van der Waals surface area contributed by atoms with Gasteiger partial charge in [-0.3, -0.25) is 9.78 Å². The molecule has 0 aliphatic heterocycles. The van der Waals surface area contributed by atoms with Crippen LogP contribution < -0.4 is 5.32 Å². The van der Waals surface area contributed by atoms with Gasteiger partial charge in [-0.05, 0) is 73.5 Å². The van der Waals surface area contributed by atoms with E-state index in [4.69, 9.17) is 0 Å². The molecule has 1 aromatic heterocycles. The molecular formula is C24H28N2O. The second kappa shape index (κ2) is 6.47. The number of nitrogens with zero attached hydrogens (tertiary/aromatic N) is 1. The van der Waals surface area contributed by atoms with Crippen molar-refractivity contribution in [2.75, 3.05) is 6.54 Å². The van der Waals surface area contributed by atoms with E-state index in [0.717, 1.165) is 31.4 Å². The van der Waals surface area contributed by atoms with Crippen LogP contribution in [0.1, 0.15) is 49.8 Å². The van der Waals surface area contributed by atoms with E-state index < -0.39 is 0 Å².